The van der Waals surface area contributed by atoms with Gasteiger partial charge in [-0.1, -0.05) is 12.1 Å². The van der Waals surface area contributed by atoms with Gasteiger partial charge in [0, 0.05) is 0 Å². The van der Waals surface area contributed by atoms with E-state index < -0.39 is 10.6 Å². The molecule has 0 aliphatic carbocycles. The van der Waals surface area contributed by atoms with Crippen LogP contribution in [0.3, 0.4) is 0 Å². The number of nitrogens with two attached hydrogens (primary N) is 1. The van der Waals surface area contributed by atoms with Crippen molar-refractivity contribution in [2.24, 2.45) is 5.73 Å². The average molecular weight is 290 g/mol. The standard InChI is InChI=1S/C13H14N4O4/c1-20-12-11(17(18)19)13(16-8-15-12)21-10-4-2-9(3-5-10)6-7-14/h2-5,8H,6-7,14H2,1H3. The molecule has 0 unspecified atom stereocenters. The number of hydrogen-bond donors (Lipinski definition) is 1. The molecule has 0 saturated carbocycles. The van der Waals surface area contributed by atoms with E-state index in [1.54, 1.807) is 12.1 Å². The molecule has 21 heavy (non-hydrogen) atoms. The second kappa shape index (κ2) is 6.62. The lowest BCUT2D eigenvalue weighted by atomic mass is 10.1. The Morgan fingerprint density at radius 1 is 1.24 bits per heavy atom. The summed E-state index contributed by atoms with van der Waals surface area (Å²) in [5.74, 6) is 0.114. The van der Waals surface area contributed by atoms with E-state index in [-0.39, 0.29) is 11.8 Å². The first kappa shape index (κ1) is 14.7. The third-order valence-electron chi connectivity index (χ3n) is 2.70. The molecule has 0 radical (unpaired) electrons. The fourth-order valence-electron chi connectivity index (χ4n) is 1.73. The van der Waals surface area contributed by atoms with Gasteiger partial charge in [-0.2, -0.15) is 9.97 Å². The molecule has 2 N–H and O–H groups in total. The molecule has 110 valence electrons. The molecule has 0 amide bonds. The minimum Gasteiger partial charge on any atom is -0.476 e. The molecule has 0 fully saturated rings. The molecule has 1 aromatic heterocycles. The zero-order valence-electron chi connectivity index (χ0n) is 11.4. The van der Waals surface area contributed by atoms with Crippen molar-refractivity contribution in [2.75, 3.05) is 13.7 Å². The van der Waals surface area contributed by atoms with Gasteiger partial charge in [0.05, 0.1) is 12.0 Å². The summed E-state index contributed by atoms with van der Waals surface area (Å²) in [7, 11) is 1.29. The lowest BCUT2D eigenvalue weighted by molar-refractivity contribution is -0.387. The Morgan fingerprint density at radius 2 is 1.90 bits per heavy atom. The number of hydrogen-bond acceptors (Lipinski definition) is 7. The predicted octanol–water partition coefficient (Wildman–Crippen LogP) is 1.69. The summed E-state index contributed by atoms with van der Waals surface area (Å²) in [6.45, 7) is 0.550. The smallest absolute Gasteiger partial charge is 0.392 e. The van der Waals surface area contributed by atoms with Crippen molar-refractivity contribution < 1.29 is 14.4 Å². The first-order valence-corrected chi connectivity index (χ1v) is 6.16. The highest BCUT2D eigenvalue weighted by molar-refractivity contribution is 5.50. The van der Waals surface area contributed by atoms with Gasteiger partial charge in [0.2, 0.25) is 0 Å². The van der Waals surface area contributed by atoms with Crippen LogP contribution < -0.4 is 15.2 Å². The highest BCUT2D eigenvalue weighted by Crippen LogP contribution is 2.35. The van der Waals surface area contributed by atoms with Gasteiger partial charge >= 0.3 is 17.4 Å². The SMILES string of the molecule is COc1ncnc(Oc2ccc(CCN)cc2)c1[N+](=O)[O-]. The van der Waals surface area contributed by atoms with Crippen molar-refractivity contribution in [3.63, 3.8) is 0 Å². The van der Waals surface area contributed by atoms with Gasteiger partial charge in [-0.3, -0.25) is 10.1 Å². The van der Waals surface area contributed by atoms with Crippen LogP contribution in [0.5, 0.6) is 17.5 Å². The summed E-state index contributed by atoms with van der Waals surface area (Å²) in [6, 6.07) is 7.07. The van der Waals surface area contributed by atoms with Crippen LogP contribution in [-0.4, -0.2) is 28.5 Å². The van der Waals surface area contributed by atoms with Crippen molar-refractivity contribution in [1.29, 1.82) is 0 Å². The van der Waals surface area contributed by atoms with Crippen LogP contribution in [0.15, 0.2) is 30.6 Å². The molecule has 0 spiro atoms. The average Bonchev–Trinajstić information content (AvgIpc) is 2.49. The van der Waals surface area contributed by atoms with E-state index in [0.29, 0.717) is 12.3 Å². The molecule has 8 nitrogen and oxygen atoms in total. The maximum Gasteiger partial charge on any atom is 0.392 e. The predicted molar refractivity (Wildman–Crippen MR) is 74.5 cm³/mol. The zero-order chi connectivity index (χ0) is 15.2. The Kier molecular flexibility index (Phi) is 4.62. The van der Waals surface area contributed by atoms with Crippen LogP contribution in [0.4, 0.5) is 5.69 Å². The second-order valence-corrected chi connectivity index (χ2v) is 4.08. The summed E-state index contributed by atoms with van der Waals surface area (Å²) in [4.78, 5) is 17.9. The number of aromatic nitrogens is 2. The molecule has 0 atom stereocenters. The number of rotatable bonds is 6. The minimum atomic E-state index is -0.642. The molecule has 2 aromatic rings. The third kappa shape index (κ3) is 3.42. The van der Waals surface area contributed by atoms with E-state index in [2.05, 4.69) is 9.97 Å². The number of nitro groups is 1. The number of nitrogens with zero attached hydrogens (tertiary/aromatic N) is 3. The Morgan fingerprint density at radius 3 is 2.48 bits per heavy atom. The lowest BCUT2D eigenvalue weighted by Crippen LogP contribution is -2.03. The van der Waals surface area contributed by atoms with Crippen LogP contribution in [-0.2, 0) is 6.42 Å². The Labute approximate surface area is 120 Å². The molecule has 0 saturated heterocycles. The van der Waals surface area contributed by atoms with E-state index in [9.17, 15) is 10.1 Å². The first-order valence-electron chi connectivity index (χ1n) is 6.16. The maximum atomic E-state index is 11.1. The van der Waals surface area contributed by atoms with Crippen molar-refractivity contribution in [3.05, 3.63) is 46.3 Å². The molecular weight excluding hydrogens is 276 g/mol. The van der Waals surface area contributed by atoms with E-state index in [1.807, 2.05) is 12.1 Å². The van der Waals surface area contributed by atoms with E-state index in [0.717, 1.165) is 18.3 Å². The van der Waals surface area contributed by atoms with Gasteiger partial charge in [-0.25, -0.2) is 0 Å². The maximum absolute atomic E-state index is 11.1. The largest absolute Gasteiger partial charge is 0.476 e. The van der Waals surface area contributed by atoms with E-state index in [1.165, 1.54) is 7.11 Å². The summed E-state index contributed by atoms with van der Waals surface area (Å²) in [6.07, 6.45) is 1.89. The van der Waals surface area contributed by atoms with Crippen LogP contribution in [0.1, 0.15) is 5.56 Å². The van der Waals surface area contributed by atoms with Crippen LogP contribution in [0, 0.1) is 10.1 Å². The lowest BCUT2D eigenvalue weighted by Gasteiger charge is -2.07. The van der Waals surface area contributed by atoms with Gasteiger partial charge in [0.15, 0.2) is 0 Å². The first-order chi connectivity index (χ1) is 10.2. The quantitative estimate of drug-likeness (QED) is 0.636. The van der Waals surface area contributed by atoms with Crippen molar-refractivity contribution in [3.8, 4) is 17.5 Å². The molecule has 0 aliphatic heterocycles. The van der Waals surface area contributed by atoms with Crippen molar-refractivity contribution in [1.82, 2.24) is 9.97 Å². The van der Waals surface area contributed by atoms with Crippen molar-refractivity contribution in [2.45, 2.75) is 6.42 Å². The number of ether oxygens (including phenoxy) is 2. The Bertz CT molecular complexity index is 631. The molecular formula is C13H14N4O4. The second-order valence-electron chi connectivity index (χ2n) is 4.08. The summed E-state index contributed by atoms with van der Waals surface area (Å²) in [5.41, 5.74) is 6.11. The highest BCUT2D eigenvalue weighted by atomic mass is 16.6. The van der Waals surface area contributed by atoms with E-state index >= 15 is 0 Å². The fraction of sp³-hybridized carbons (Fsp3) is 0.231. The van der Waals surface area contributed by atoms with Gasteiger partial charge in [0.25, 0.3) is 0 Å². The molecule has 1 heterocycles. The molecule has 1 aromatic carbocycles. The fourth-order valence-corrected chi connectivity index (χ4v) is 1.73. The topological polar surface area (TPSA) is 113 Å². The molecule has 0 aliphatic rings. The van der Waals surface area contributed by atoms with Crippen LogP contribution in [0.2, 0.25) is 0 Å². The Balaban J connectivity index is 2.28. The number of methoxy groups -OCH3 is 1. The monoisotopic (exact) mass is 290 g/mol. The van der Waals surface area contributed by atoms with Crippen LogP contribution >= 0.6 is 0 Å². The third-order valence-corrected chi connectivity index (χ3v) is 2.70. The minimum absolute atomic E-state index is 0.148. The molecule has 2 rings (SSSR count). The van der Waals surface area contributed by atoms with Gasteiger partial charge < -0.3 is 15.2 Å². The highest BCUT2D eigenvalue weighted by Gasteiger charge is 2.25. The number of benzene rings is 1. The summed E-state index contributed by atoms with van der Waals surface area (Å²) >= 11 is 0. The van der Waals surface area contributed by atoms with Crippen molar-refractivity contribution >= 4 is 5.69 Å². The summed E-state index contributed by atoms with van der Waals surface area (Å²) < 4.78 is 10.3. The zero-order valence-corrected chi connectivity index (χ0v) is 11.4. The van der Waals surface area contributed by atoms with Crippen LogP contribution in [0.25, 0.3) is 0 Å². The molecule has 8 heteroatoms. The van der Waals surface area contributed by atoms with Gasteiger partial charge in [-0.15, -0.1) is 0 Å². The summed E-state index contributed by atoms with van der Waals surface area (Å²) in [5, 5.41) is 11.1. The molecule has 0 bridgehead atoms. The van der Waals surface area contributed by atoms with E-state index in [4.69, 9.17) is 15.2 Å². The normalized spacial score (nSPS) is 10.2. The Hall–Kier alpha value is -2.74. The van der Waals surface area contributed by atoms with Gasteiger partial charge in [-0.05, 0) is 30.7 Å². The van der Waals surface area contributed by atoms with Gasteiger partial charge in [0.1, 0.15) is 12.1 Å².